The molecule has 5 aliphatic carbocycles. The molecule has 3 amide bonds. The van der Waals surface area contributed by atoms with Gasteiger partial charge in [-0.3, -0.25) is 24.0 Å². The summed E-state index contributed by atoms with van der Waals surface area (Å²) in [6.45, 7) is 2.40. The second-order valence-corrected chi connectivity index (χ2v) is 21.1. The smallest absolute Gasteiger partial charge is 0.407 e. The summed E-state index contributed by atoms with van der Waals surface area (Å²) in [7, 11) is 0. The highest BCUT2D eigenvalue weighted by atomic mass is 16.7. The number of aliphatic hydroxyl groups excluding tert-OH is 3. The summed E-state index contributed by atoms with van der Waals surface area (Å²) in [4.78, 5) is 77.7. The van der Waals surface area contributed by atoms with E-state index >= 15 is 0 Å². The largest absolute Gasteiger partial charge is 0.481 e. The number of carbonyl (C=O) groups is 6. The van der Waals surface area contributed by atoms with E-state index in [9.17, 15) is 49.2 Å². The van der Waals surface area contributed by atoms with Crippen LogP contribution in [0.3, 0.4) is 0 Å². The molecule has 1 saturated heterocycles. The van der Waals surface area contributed by atoms with Crippen molar-refractivity contribution in [2.75, 3.05) is 25.1 Å². The van der Waals surface area contributed by atoms with Crippen molar-refractivity contribution < 1.29 is 63.4 Å². The molecule has 10 rings (SSSR count). The predicted molar refractivity (Wildman–Crippen MR) is 269 cm³/mol. The highest BCUT2D eigenvalue weighted by Crippen LogP contribution is 2.70. The number of carboxylic acids is 1. The lowest BCUT2D eigenvalue weighted by Crippen LogP contribution is -2.63. The fourth-order valence-electron chi connectivity index (χ4n) is 13.7. The molecule has 0 radical (unpaired) electrons. The van der Waals surface area contributed by atoms with Gasteiger partial charge in [0.2, 0.25) is 11.8 Å². The van der Waals surface area contributed by atoms with Crippen LogP contribution in [0.1, 0.15) is 98.0 Å². The highest BCUT2D eigenvalue weighted by molar-refractivity contribution is 6.01. The molecule has 74 heavy (non-hydrogen) atoms. The molecule has 6 aliphatic rings. The van der Waals surface area contributed by atoms with Crippen molar-refractivity contribution in [3.05, 3.63) is 148 Å². The van der Waals surface area contributed by atoms with E-state index in [-0.39, 0.29) is 54.6 Å². The molecule has 4 aromatic carbocycles. The standard InChI is InChI=1S/C58H61N3O13/c1-56-22-21-37(64)25-36(56)17-18-42-44-26-49-58(48(66)30-63,57(44,2)27-47(65)52(42)56)74-54(73-49)34-14-11-32(12-15-34)23-33-13-16-35(29-62)46(24-33)61-53(70)45(19-20-51(68)69)60-50(67)28-59-55(71)72-31-43-40-9-5-3-7-38(40)39-8-4-6-10-41(39)43/h3-16,21-22,24-25,42-45,47,49,52,54,62-63,65H,17-20,23,26-31H2,1-2H3,(H,59,71)(H,60,67)(H,61,70)(H,68,69)/t42-,44-,45?,47-,49?,52+,54?,56-,57-,58+/m0/s1. The van der Waals surface area contributed by atoms with E-state index < -0.39 is 96.8 Å². The molecule has 3 unspecified atom stereocenters. The van der Waals surface area contributed by atoms with E-state index in [2.05, 4.69) is 22.9 Å². The summed E-state index contributed by atoms with van der Waals surface area (Å²) in [5, 5.41) is 49.8. The average molecular weight is 1010 g/mol. The van der Waals surface area contributed by atoms with Crippen LogP contribution in [-0.4, -0.2) is 99.5 Å². The Hall–Kier alpha value is -6.82. The molecule has 3 saturated carbocycles. The number of nitrogens with one attached hydrogen (secondary N) is 3. The van der Waals surface area contributed by atoms with Gasteiger partial charge in [0.15, 0.2) is 23.5 Å². The van der Waals surface area contributed by atoms with Crippen LogP contribution in [0.15, 0.2) is 115 Å². The number of carbonyl (C=O) groups excluding carboxylic acids is 5. The first-order chi connectivity index (χ1) is 35.6. The van der Waals surface area contributed by atoms with Gasteiger partial charge in [0.05, 0.1) is 18.8 Å². The Morgan fingerprint density at radius 3 is 2.30 bits per heavy atom. The van der Waals surface area contributed by atoms with Crippen molar-refractivity contribution in [3.8, 4) is 11.1 Å². The first-order valence-corrected chi connectivity index (χ1v) is 25.4. The SMILES string of the molecule is C[C@]12C=CC(=O)C=C1CC[C@@H]1[C@@H]2[C@@H](O)C[C@@]2(C)[C@H]1CC1OC(c3ccc(Cc4ccc(CO)c(NC(=O)C(CCC(=O)O)NC(=O)CNC(=O)OCC5c6ccccc6-c6ccccc65)c4)cc3)O[C@]12C(=O)CO. The highest BCUT2D eigenvalue weighted by Gasteiger charge is 2.76. The number of hydrogen-bond donors (Lipinski definition) is 7. The molecular weight excluding hydrogens is 947 g/mol. The third kappa shape index (κ3) is 8.95. The quantitative estimate of drug-likeness (QED) is 0.0662. The van der Waals surface area contributed by atoms with Gasteiger partial charge in [-0.2, -0.15) is 0 Å². The van der Waals surface area contributed by atoms with Crippen LogP contribution < -0.4 is 16.0 Å². The maximum absolute atomic E-state index is 14.1. The average Bonchev–Trinajstić information content (AvgIpc) is 4.03. The van der Waals surface area contributed by atoms with Crippen LogP contribution in [0.4, 0.5) is 10.5 Å². The number of rotatable bonds is 16. The van der Waals surface area contributed by atoms with Gasteiger partial charge in [-0.15, -0.1) is 0 Å². The number of aliphatic hydroxyl groups is 3. The zero-order chi connectivity index (χ0) is 52.1. The molecule has 16 heteroatoms. The van der Waals surface area contributed by atoms with Crippen LogP contribution in [0, 0.1) is 28.6 Å². The van der Waals surface area contributed by atoms with Crippen LogP contribution in [0.5, 0.6) is 0 Å². The number of benzene rings is 4. The number of hydrogen-bond acceptors (Lipinski definition) is 12. The number of fused-ring (bicyclic) bond motifs is 10. The van der Waals surface area contributed by atoms with Gasteiger partial charge in [0.1, 0.15) is 25.8 Å². The lowest BCUT2D eigenvalue weighted by molar-refractivity contribution is -0.201. The van der Waals surface area contributed by atoms with Crippen molar-refractivity contribution in [1.82, 2.24) is 10.6 Å². The molecule has 4 aromatic rings. The number of amides is 3. The summed E-state index contributed by atoms with van der Waals surface area (Å²) in [6.07, 6.45) is 3.93. The van der Waals surface area contributed by atoms with Crippen LogP contribution in [0.25, 0.3) is 11.1 Å². The van der Waals surface area contributed by atoms with Gasteiger partial charge in [0.25, 0.3) is 0 Å². The number of carboxylic acid groups (broad SMARTS) is 1. The maximum atomic E-state index is 14.1. The van der Waals surface area contributed by atoms with E-state index in [4.69, 9.17) is 14.2 Å². The number of anilines is 1. The minimum absolute atomic E-state index is 0.0283. The Kier molecular flexibility index (Phi) is 13.8. The van der Waals surface area contributed by atoms with E-state index in [1.807, 2.05) is 85.8 Å². The topological polar surface area (TPSA) is 247 Å². The van der Waals surface area contributed by atoms with Crippen LogP contribution in [-0.2, 0) is 51.2 Å². The second-order valence-electron chi connectivity index (χ2n) is 21.1. The third-order valence-corrected chi connectivity index (χ3v) is 17.1. The molecule has 386 valence electrons. The van der Waals surface area contributed by atoms with Gasteiger partial charge < -0.3 is 50.6 Å². The lowest BCUT2D eigenvalue weighted by atomic mass is 9.46. The van der Waals surface area contributed by atoms with Crippen LogP contribution in [0.2, 0.25) is 0 Å². The fraction of sp³-hybridized carbons (Fsp3) is 0.414. The number of alkyl carbamates (subject to hydrolysis) is 1. The van der Waals surface area contributed by atoms with Gasteiger partial charge >= 0.3 is 12.1 Å². The van der Waals surface area contributed by atoms with E-state index in [0.717, 1.165) is 45.4 Å². The van der Waals surface area contributed by atoms with Gasteiger partial charge in [-0.05, 0) is 102 Å². The summed E-state index contributed by atoms with van der Waals surface area (Å²) < 4.78 is 19.0. The summed E-state index contributed by atoms with van der Waals surface area (Å²) >= 11 is 0. The van der Waals surface area contributed by atoms with Gasteiger partial charge in [-0.25, -0.2) is 4.79 Å². The number of ether oxygens (including phenoxy) is 3. The molecule has 0 bridgehead atoms. The molecule has 16 nitrogen and oxygen atoms in total. The van der Waals surface area contributed by atoms with Crippen molar-refractivity contribution in [2.45, 2.75) is 101 Å². The number of allylic oxidation sites excluding steroid dienone is 4. The normalized spacial score (nSPS) is 28.6. The van der Waals surface area contributed by atoms with Crippen molar-refractivity contribution in [3.63, 3.8) is 0 Å². The molecule has 0 spiro atoms. The summed E-state index contributed by atoms with van der Waals surface area (Å²) in [5.74, 6) is -3.54. The first-order valence-electron chi connectivity index (χ1n) is 25.4. The summed E-state index contributed by atoms with van der Waals surface area (Å²) in [6, 6.07) is 27.1. The fourth-order valence-corrected chi connectivity index (χ4v) is 13.7. The van der Waals surface area contributed by atoms with Crippen molar-refractivity contribution >= 4 is 41.1 Å². The Balaban J connectivity index is 0.771. The van der Waals surface area contributed by atoms with E-state index in [0.29, 0.717) is 30.4 Å². The Morgan fingerprint density at radius 1 is 0.905 bits per heavy atom. The van der Waals surface area contributed by atoms with Gasteiger partial charge in [0, 0.05) is 45.9 Å². The van der Waals surface area contributed by atoms with Gasteiger partial charge in [-0.1, -0.05) is 110 Å². The minimum Gasteiger partial charge on any atom is -0.481 e. The molecule has 7 N–H and O–H groups in total. The Bertz CT molecular complexity index is 2930. The predicted octanol–water partition coefficient (Wildman–Crippen LogP) is 6.20. The molecule has 1 heterocycles. The number of ketones is 2. The number of Topliss-reactive ketones (excluding diaryl/α,β-unsaturated/α-hetero) is 1. The molecular formula is C58H61N3O13. The third-order valence-electron chi connectivity index (χ3n) is 17.1. The van der Waals surface area contributed by atoms with Crippen LogP contribution >= 0.6 is 0 Å². The maximum Gasteiger partial charge on any atom is 0.407 e. The Labute approximate surface area is 428 Å². The second kappa shape index (κ2) is 20.1. The molecule has 10 atom stereocenters. The molecule has 0 aromatic heterocycles. The lowest BCUT2D eigenvalue weighted by Gasteiger charge is -2.59. The van der Waals surface area contributed by atoms with E-state index in [1.54, 1.807) is 30.4 Å². The van der Waals surface area contributed by atoms with Crippen molar-refractivity contribution in [1.29, 1.82) is 0 Å². The monoisotopic (exact) mass is 1010 g/mol. The zero-order valence-electron chi connectivity index (χ0n) is 41.3. The first kappa shape index (κ1) is 50.7. The van der Waals surface area contributed by atoms with E-state index in [1.165, 1.54) is 0 Å². The molecule has 1 aliphatic heterocycles. The summed E-state index contributed by atoms with van der Waals surface area (Å²) in [5.41, 5.74) is 5.28. The zero-order valence-corrected chi connectivity index (χ0v) is 41.3. The Morgan fingerprint density at radius 2 is 1.61 bits per heavy atom. The number of aliphatic carboxylic acids is 1. The van der Waals surface area contributed by atoms with Crippen molar-refractivity contribution in [2.24, 2.45) is 28.6 Å². The molecule has 4 fully saturated rings. The minimum atomic E-state index is -1.50.